The summed E-state index contributed by atoms with van der Waals surface area (Å²) in [5.41, 5.74) is 5.43. The van der Waals surface area contributed by atoms with Crippen LogP contribution in [0, 0.1) is 0 Å². The number of hydrogen-bond acceptors (Lipinski definition) is 6. The van der Waals surface area contributed by atoms with Gasteiger partial charge >= 0.3 is 6.18 Å². The van der Waals surface area contributed by atoms with Gasteiger partial charge in [0.2, 0.25) is 5.82 Å². The molecule has 3 N–H and O–H groups in total. The predicted molar refractivity (Wildman–Crippen MR) is 99.6 cm³/mol. The van der Waals surface area contributed by atoms with Crippen LogP contribution < -0.4 is 16.7 Å². The number of nitrogen functional groups attached to an aromatic ring is 1. The highest BCUT2D eigenvalue weighted by Gasteiger charge is 2.36. The van der Waals surface area contributed by atoms with Crippen molar-refractivity contribution in [3.63, 3.8) is 0 Å². The fourth-order valence-corrected chi connectivity index (χ4v) is 3.52. The SMILES string of the molecule is Nc1oc2ccc(Cl)cc2c(=O)c1CN1CCc2nc(C(F)(F)F)[nH]c(=O)c2C1. The van der Waals surface area contributed by atoms with Crippen LogP contribution >= 0.6 is 11.6 Å². The molecule has 0 atom stereocenters. The first-order valence-electron chi connectivity index (χ1n) is 8.56. The van der Waals surface area contributed by atoms with Gasteiger partial charge in [0, 0.05) is 31.1 Å². The molecule has 0 radical (unpaired) electrons. The number of halogens is 4. The molecule has 1 aliphatic rings. The molecule has 0 spiro atoms. The van der Waals surface area contributed by atoms with Crippen LogP contribution in [0.3, 0.4) is 0 Å². The Morgan fingerprint density at radius 1 is 1.31 bits per heavy atom. The van der Waals surface area contributed by atoms with E-state index in [0.717, 1.165) is 0 Å². The Kier molecular flexibility index (Phi) is 4.62. The maximum atomic E-state index is 12.8. The van der Waals surface area contributed by atoms with Crippen LogP contribution in [-0.4, -0.2) is 21.4 Å². The van der Waals surface area contributed by atoms with Crippen molar-refractivity contribution >= 4 is 28.5 Å². The fraction of sp³-hybridized carbons (Fsp3) is 0.278. The van der Waals surface area contributed by atoms with Crippen LogP contribution in [0.4, 0.5) is 19.1 Å². The molecule has 29 heavy (non-hydrogen) atoms. The third kappa shape index (κ3) is 3.60. The molecule has 0 saturated heterocycles. The number of fused-ring (bicyclic) bond motifs is 2. The van der Waals surface area contributed by atoms with Crippen molar-refractivity contribution in [2.24, 2.45) is 0 Å². The fourth-order valence-electron chi connectivity index (χ4n) is 3.35. The second-order valence-corrected chi connectivity index (χ2v) is 7.15. The van der Waals surface area contributed by atoms with E-state index in [-0.39, 0.29) is 53.0 Å². The zero-order valence-electron chi connectivity index (χ0n) is 14.8. The smallest absolute Gasteiger partial charge is 0.440 e. The largest absolute Gasteiger partial charge is 0.449 e. The number of nitrogens with one attached hydrogen (secondary N) is 1. The number of nitrogens with two attached hydrogens (primary N) is 1. The molecule has 0 amide bonds. The Morgan fingerprint density at radius 2 is 2.07 bits per heavy atom. The van der Waals surface area contributed by atoms with Gasteiger partial charge in [-0.05, 0) is 18.2 Å². The van der Waals surface area contributed by atoms with Crippen molar-refractivity contribution in [3.05, 3.63) is 66.4 Å². The first kappa shape index (κ1) is 19.5. The average Bonchev–Trinajstić information content (AvgIpc) is 2.65. The molecule has 0 saturated carbocycles. The quantitative estimate of drug-likeness (QED) is 0.652. The van der Waals surface area contributed by atoms with E-state index in [0.29, 0.717) is 17.2 Å². The van der Waals surface area contributed by atoms with Crippen molar-refractivity contribution in [2.75, 3.05) is 12.3 Å². The van der Waals surface area contributed by atoms with Gasteiger partial charge in [0.1, 0.15) is 5.58 Å². The molecule has 7 nitrogen and oxygen atoms in total. The zero-order valence-corrected chi connectivity index (χ0v) is 15.5. The minimum absolute atomic E-state index is 0.0300. The summed E-state index contributed by atoms with van der Waals surface area (Å²) < 4.78 is 44.0. The van der Waals surface area contributed by atoms with Crippen LogP contribution in [0.15, 0.2) is 32.2 Å². The van der Waals surface area contributed by atoms with E-state index in [1.165, 1.54) is 6.07 Å². The van der Waals surface area contributed by atoms with E-state index >= 15 is 0 Å². The zero-order chi connectivity index (χ0) is 20.9. The Morgan fingerprint density at radius 3 is 2.79 bits per heavy atom. The first-order valence-corrected chi connectivity index (χ1v) is 8.93. The van der Waals surface area contributed by atoms with Gasteiger partial charge < -0.3 is 15.1 Å². The van der Waals surface area contributed by atoms with Crippen molar-refractivity contribution in [1.82, 2.24) is 14.9 Å². The number of benzene rings is 1. The van der Waals surface area contributed by atoms with E-state index in [1.807, 2.05) is 0 Å². The van der Waals surface area contributed by atoms with Crippen molar-refractivity contribution in [1.29, 1.82) is 0 Å². The summed E-state index contributed by atoms with van der Waals surface area (Å²) in [4.78, 5) is 32.0. The van der Waals surface area contributed by atoms with Crippen LogP contribution in [-0.2, 0) is 25.7 Å². The van der Waals surface area contributed by atoms with Gasteiger partial charge in [0.05, 0.1) is 22.2 Å². The number of alkyl halides is 3. The third-order valence-corrected chi connectivity index (χ3v) is 5.01. The summed E-state index contributed by atoms with van der Waals surface area (Å²) in [5.74, 6) is -1.37. The molecule has 2 aromatic heterocycles. The van der Waals surface area contributed by atoms with Crippen LogP contribution in [0.2, 0.25) is 5.02 Å². The number of H-pyrrole nitrogens is 1. The monoisotopic (exact) mass is 426 g/mol. The van der Waals surface area contributed by atoms with Gasteiger partial charge in [-0.2, -0.15) is 13.2 Å². The number of anilines is 1. The van der Waals surface area contributed by atoms with Gasteiger partial charge in [-0.1, -0.05) is 11.6 Å². The van der Waals surface area contributed by atoms with Gasteiger partial charge in [0.25, 0.3) is 5.56 Å². The van der Waals surface area contributed by atoms with Crippen molar-refractivity contribution in [3.8, 4) is 0 Å². The number of rotatable bonds is 2. The average molecular weight is 427 g/mol. The molecular formula is C18H14ClF3N4O3. The Balaban J connectivity index is 1.66. The highest BCUT2D eigenvalue weighted by atomic mass is 35.5. The van der Waals surface area contributed by atoms with Crippen LogP contribution in [0.5, 0.6) is 0 Å². The second-order valence-electron chi connectivity index (χ2n) is 6.71. The summed E-state index contributed by atoms with van der Waals surface area (Å²) in [7, 11) is 0. The number of nitrogens with zero attached hydrogens (tertiary/aromatic N) is 2. The Bertz CT molecular complexity index is 1240. The van der Waals surface area contributed by atoms with E-state index < -0.39 is 17.6 Å². The van der Waals surface area contributed by atoms with Crippen molar-refractivity contribution < 1.29 is 17.6 Å². The van der Waals surface area contributed by atoms with Gasteiger partial charge in [-0.15, -0.1) is 0 Å². The molecule has 3 heterocycles. The van der Waals surface area contributed by atoms with E-state index in [4.69, 9.17) is 21.8 Å². The minimum atomic E-state index is -4.73. The first-order chi connectivity index (χ1) is 13.6. The predicted octanol–water partition coefficient (Wildman–Crippen LogP) is 2.69. The number of aromatic nitrogens is 2. The summed E-state index contributed by atoms with van der Waals surface area (Å²) in [6.07, 6.45) is -4.60. The highest BCUT2D eigenvalue weighted by Crippen LogP contribution is 2.27. The molecule has 0 bridgehead atoms. The van der Waals surface area contributed by atoms with E-state index in [9.17, 15) is 22.8 Å². The Hall–Kier alpha value is -2.85. The lowest BCUT2D eigenvalue weighted by Gasteiger charge is -2.27. The van der Waals surface area contributed by atoms with E-state index in [1.54, 1.807) is 22.0 Å². The molecule has 0 fully saturated rings. The molecule has 152 valence electrons. The van der Waals surface area contributed by atoms with Crippen LogP contribution in [0.25, 0.3) is 11.0 Å². The molecule has 1 aromatic carbocycles. The van der Waals surface area contributed by atoms with E-state index in [2.05, 4.69) is 4.98 Å². The summed E-state index contributed by atoms with van der Waals surface area (Å²) >= 11 is 5.95. The standard InChI is InChI=1S/C18H14ClF3N4O3/c19-8-1-2-13-9(5-8)14(27)11(15(23)29-13)7-26-4-3-12-10(6-26)16(28)25-17(24-12)18(20,21)22/h1-2,5H,3-4,6-7,23H2,(H,24,25,28). The number of aromatic amines is 1. The third-order valence-electron chi connectivity index (χ3n) is 4.78. The van der Waals surface area contributed by atoms with Gasteiger partial charge in [0.15, 0.2) is 11.3 Å². The molecule has 0 unspecified atom stereocenters. The molecule has 0 aliphatic carbocycles. The molecule has 4 rings (SSSR count). The highest BCUT2D eigenvalue weighted by molar-refractivity contribution is 6.31. The maximum Gasteiger partial charge on any atom is 0.449 e. The summed E-state index contributed by atoms with van der Waals surface area (Å²) in [5, 5.41) is 0.638. The lowest BCUT2D eigenvalue weighted by atomic mass is 10.1. The second kappa shape index (κ2) is 6.89. The topological polar surface area (TPSA) is 105 Å². The lowest BCUT2D eigenvalue weighted by molar-refractivity contribution is -0.145. The summed E-state index contributed by atoms with van der Waals surface area (Å²) in [6, 6.07) is 4.59. The minimum Gasteiger partial charge on any atom is -0.440 e. The van der Waals surface area contributed by atoms with Gasteiger partial charge in [-0.25, -0.2) is 4.98 Å². The maximum absolute atomic E-state index is 12.8. The number of hydrogen-bond donors (Lipinski definition) is 2. The Labute approximate surface area is 165 Å². The molecule has 11 heteroatoms. The summed E-state index contributed by atoms with van der Waals surface area (Å²) in [6.45, 7) is 0.395. The molecule has 3 aromatic rings. The molecule has 1 aliphatic heterocycles. The molecular weight excluding hydrogens is 413 g/mol. The van der Waals surface area contributed by atoms with Crippen LogP contribution in [0.1, 0.15) is 22.6 Å². The van der Waals surface area contributed by atoms with Gasteiger partial charge in [-0.3, -0.25) is 14.5 Å². The lowest BCUT2D eigenvalue weighted by Crippen LogP contribution is -2.37. The normalized spacial score (nSPS) is 14.9. The van der Waals surface area contributed by atoms with Crippen molar-refractivity contribution in [2.45, 2.75) is 25.7 Å².